The molecule has 1 rings (SSSR count). The summed E-state index contributed by atoms with van der Waals surface area (Å²) < 4.78 is 233. The van der Waals surface area contributed by atoms with Crippen LogP contribution in [0.25, 0.3) is 0 Å². The Bertz CT molecular complexity index is 1190. The van der Waals surface area contributed by atoms with E-state index in [1.165, 1.54) is 7.05 Å². The van der Waals surface area contributed by atoms with Crippen molar-refractivity contribution in [3.05, 3.63) is 29.8 Å². The third-order valence-corrected chi connectivity index (χ3v) is 6.20. The molecule has 41 heavy (non-hydrogen) atoms. The molecule has 0 heterocycles. The Labute approximate surface area is 220 Å². The van der Waals surface area contributed by atoms with Gasteiger partial charge in [0.25, 0.3) is 16.0 Å². The van der Waals surface area contributed by atoms with Crippen molar-refractivity contribution in [2.24, 2.45) is 0 Å². The van der Waals surface area contributed by atoms with Crippen molar-refractivity contribution in [3.8, 4) is 0 Å². The second-order valence-electron chi connectivity index (χ2n) is 8.25. The van der Waals surface area contributed by atoms with E-state index < -0.39 is 92.6 Å². The number of benzene rings is 1. The van der Waals surface area contributed by atoms with E-state index in [0.717, 1.165) is 0 Å². The van der Waals surface area contributed by atoms with Gasteiger partial charge < -0.3 is 10.2 Å². The number of hydrogen-bond acceptors (Lipinski definition) is 4. The lowest BCUT2D eigenvalue weighted by molar-refractivity contribution is -0.449. The lowest BCUT2D eigenvalue weighted by Gasteiger charge is -2.41. The zero-order chi connectivity index (χ0) is 32.7. The van der Waals surface area contributed by atoms with E-state index in [0.29, 0.717) is 24.3 Å². The lowest BCUT2D eigenvalue weighted by Crippen LogP contribution is -2.74. The van der Waals surface area contributed by atoms with Crippen molar-refractivity contribution < 1.29 is 83.6 Å². The molecule has 0 bridgehead atoms. The highest BCUT2D eigenvalue weighted by Crippen LogP contribution is 2.62. The summed E-state index contributed by atoms with van der Waals surface area (Å²) in [6.07, 6.45) is -8.21. The van der Waals surface area contributed by atoms with Crippen molar-refractivity contribution in [1.82, 2.24) is 10.2 Å². The van der Waals surface area contributed by atoms with E-state index in [1.807, 2.05) is 0 Å². The zero-order valence-electron chi connectivity index (χ0n) is 19.8. The Morgan fingerprint density at radius 2 is 1.17 bits per heavy atom. The van der Waals surface area contributed by atoms with Crippen LogP contribution in [-0.4, -0.2) is 85.6 Å². The maximum Gasteiger partial charge on any atom is 0.460 e. The minimum Gasteiger partial charge on any atom is -0.333 e. The number of alkyl halides is 15. The Balaban J connectivity index is 3.59. The van der Waals surface area contributed by atoms with E-state index in [9.17, 15) is 79.1 Å². The molecule has 0 atom stereocenters. The molecular formula is C19H17F15N2O4S. The highest BCUT2D eigenvalue weighted by atomic mass is 32.2. The average molecular weight is 654 g/mol. The Kier molecular flexibility index (Phi) is 10.1. The molecular weight excluding hydrogens is 637 g/mol. The van der Waals surface area contributed by atoms with Gasteiger partial charge in [-0.05, 0) is 37.7 Å². The summed E-state index contributed by atoms with van der Waals surface area (Å²) in [7, 11) is -3.60. The number of nitrogens with one attached hydrogen (secondary N) is 1. The number of rotatable bonds is 13. The fraction of sp³-hybridized carbons (Fsp3) is 0.632. The SMILES string of the molecule is CNCCCN(Cc1ccc(S(=O)(=O)O)cc1)C(=O)C(F)(F)C(F)(F)C(F)(F)C(F)(F)C(F)(F)C(F)(F)C(F)(F)F. The van der Waals surface area contributed by atoms with Gasteiger partial charge in [0.2, 0.25) is 0 Å². The topological polar surface area (TPSA) is 86.7 Å². The molecule has 0 aliphatic rings. The Hall–Kier alpha value is -2.49. The van der Waals surface area contributed by atoms with Gasteiger partial charge in [-0.3, -0.25) is 9.35 Å². The second-order valence-corrected chi connectivity index (χ2v) is 9.67. The van der Waals surface area contributed by atoms with Crippen LogP contribution in [-0.2, 0) is 21.5 Å². The van der Waals surface area contributed by atoms with Gasteiger partial charge in [0.15, 0.2) is 0 Å². The third kappa shape index (κ3) is 6.32. The number of nitrogens with zero attached hydrogens (tertiary/aromatic N) is 1. The molecule has 0 aliphatic heterocycles. The molecule has 0 saturated heterocycles. The Morgan fingerprint density at radius 3 is 1.56 bits per heavy atom. The van der Waals surface area contributed by atoms with Crippen LogP contribution >= 0.6 is 0 Å². The summed E-state index contributed by atoms with van der Waals surface area (Å²) in [4.78, 5) is 11.0. The molecule has 6 nitrogen and oxygen atoms in total. The molecule has 0 unspecified atom stereocenters. The summed E-state index contributed by atoms with van der Waals surface area (Å²) in [6, 6.07) is 2.54. The minimum absolute atomic E-state index is 0.208. The minimum atomic E-state index is -8.53. The van der Waals surface area contributed by atoms with Crippen LogP contribution in [0.15, 0.2) is 29.2 Å². The molecule has 1 amide bonds. The predicted molar refractivity (Wildman–Crippen MR) is 106 cm³/mol. The summed E-state index contributed by atoms with van der Waals surface area (Å²) in [5.41, 5.74) is -0.442. The molecule has 22 heteroatoms. The molecule has 1 aromatic rings. The molecule has 0 fully saturated rings. The smallest absolute Gasteiger partial charge is 0.333 e. The molecule has 0 radical (unpaired) electrons. The van der Waals surface area contributed by atoms with Gasteiger partial charge in [-0.15, -0.1) is 0 Å². The van der Waals surface area contributed by atoms with Gasteiger partial charge in [-0.1, -0.05) is 12.1 Å². The van der Waals surface area contributed by atoms with Gasteiger partial charge in [-0.2, -0.15) is 74.3 Å². The molecule has 238 valence electrons. The van der Waals surface area contributed by atoms with Gasteiger partial charge >= 0.3 is 41.7 Å². The van der Waals surface area contributed by atoms with Gasteiger partial charge in [0.05, 0.1) is 4.90 Å². The van der Waals surface area contributed by atoms with Crippen molar-refractivity contribution in [2.45, 2.75) is 59.6 Å². The molecule has 2 N–H and O–H groups in total. The summed E-state index contributed by atoms with van der Waals surface area (Å²) >= 11 is 0. The van der Waals surface area contributed by atoms with Crippen molar-refractivity contribution in [1.29, 1.82) is 0 Å². The second kappa shape index (κ2) is 11.3. The van der Waals surface area contributed by atoms with Crippen LogP contribution < -0.4 is 5.32 Å². The van der Waals surface area contributed by atoms with E-state index in [4.69, 9.17) is 4.55 Å². The zero-order valence-corrected chi connectivity index (χ0v) is 20.7. The van der Waals surface area contributed by atoms with Crippen molar-refractivity contribution in [2.75, 3.05) is 20.1 Å². The first kappa shape index (κ1) is 36.5. The summed E-state index contributed by atoms with van der Waals surface area (Å²) in [5.74, 6) is -52.2. The first-order chi connectivity index (χ1) is 18.1. The molecule has 1 aromatic carbocycles. The van der Waals surface area contributed by atoms with Crippen LogP contribution in [0.2, 0.25) is 0 Å². The van der Waals surface area contributed by atoms with E-state index in [-0.39, 0.29) is 6.54 Å². The highest BCUT2D eigenvalue weighted by Gasteiger charge is 2.94. The molecule has 0 spiro atoms. The Morgan fingerprint density at radius 1 is 0.756 bits per heavy atom. The third-order valence-electron chi connectivity index (χ3n) is 5.33. The number of amides is 1. The summed E-state index contributed by atoms with van der Waals surface area (Å²) in [6.45, 7) is -2.60. The fourth-order valence-electron chi connectivity index (χ4n) is 2.99. The van der Waals surface area contributed by atoms with Crippen LogP contribution in [0.5, 0.6) is 0 Å². The number of halogens is 15. The van der Waals surface area contributed by atoms with Gasteiger partial charge in [0, 0.05) is 13.1 Å². The van der Waals surface area contributed by atoms with E-state index >= 15 is 0 Å². The number of hydrogen-bond donors (Lipinski definition) is 2. The average Bonchev–Trinajstić information content (AvgIpc) is 2.81. The fourth-order valence-corrected chi connectivity index (χ4v) is 3.47. The quantitative estimate of drug-likeness (QED) is 0.173. The normalized spacial score (nSPS) is 14.8. The highest BCUT2D eigenvalue weighted by molar-refractivity contribution is 7.85. The van der Waals surface area contributed by atoms with Crippen molar-refractivity contribution in [3.63, 3.8) is 0 Å². The maximum absolute atomic E-state index is 14.5. The van der Waals surface area contributed by atoms with Crippen LogP contribution in [0.1, 0.15) is 12.0 Å². The van der Waals surface area contributed by atoms with Gasteiger partial charge in [-0.25, -0.2) is 0 Å². The lowest BCUT2D eigenvalue weighted by atomic mass is 9.90. The largest absolute Gasteiger partial charge is 0.460 e. The molecule has 0 aliphatic carbocycles. The van der Waals surface area contributed by atoms with Crippen LogP contribution in [0, 0.1) is 0 Å². The van der Waals surface area contributed by atoms with Crippen LogP contribution in [0.4, 0.5) is 65.9 Å². The first-order valence-electron chi connectivity index (χ1n) is 10.4. The van der Waals surface area contributed by atoms with Gasteiger partial charge in [0.1, 0.15) is 0 Å². The van der Waals surface area contributed by atoms with E-state index in [2.05, 4.69) is 5.32 Å². The standard InChI is InChI=1S/C19H17F15N2O4S/c1-35-7-2-8-36(9-10-3-5-11(6-4-10)41(38,39)40)12(37)13(20,21)14(22,23)15(24,25)16(26,27)17(28,29)18(30,31)19(32,33)34/h3-6,35H,2,7-9H2,1H3,(H,38,39,40). The number of carbonyl (C=O) groups is 1. The monoisotopic (exact) mass is 654 g/mol. The molecule has 0 aromatic heterocycles. The van der Waals surface area contributed by atoms with E-state index in [1.54, 1.807) is 0 Å². The first-order valence-corrected chi connectivity index (χ1v) is 11.8. The van der Waals surface area contributed by atoms with Crippen molar-refractivity contribution >= 4 is 16.0 Å². The predicted octanol–water partition coefficient (Wildman–Crippen LogP) is 5.25. The maximum atomic E-state index is 14.5. The number of carbonyl (C=O) groups excluding carboxylic acids is 1. The molecule has 0 saturated carbocycles. The van der Waals surface area contributed by atoms with Crippen LogP contribution in [0.3, 0.4) is 0 Å². The summed E-state index contributed by atoms with van der Waals surface area (Å²) in [5, 5.41) is 2.37.